The number of unbranched alkanes of at least 4 members (excludes halogenated alkanes) is 1. The van der Waals surface area contributed by atoms with Crippen molar-refractivity contribution >= 4 is 40.8 Å². The summed E-state index contributed by atoms with van der Waals surface area (Å²) >= 11 is 0. The third-order valence-corrected chi connectivity index (χ3v) is 9.71. The number of rotatable bonds is 9. The van der Waals surface area contributed by atoms with E-state index >= 15 is 0 Å². The topological polar surface area (TPSA) is 115 Å². The summed E-state index contributed by atoms with van der Waals surface area (Å²) in [4.78, 5) is 25.6. The van der Waals surface area contributed by atoms with Crippen LogP contribution in [0.1, 0.15) is 94.1 Å². The summed E-state index contributed by atoms with van der Waals surface area (Å²) in [6, 6.07) is 2.43. The quantitative estimate of drug-likeness (QED) is 0.130. The average Bonchev–Trinajstić information content (AvgIpc) is 2.79. The third-order valence-electron chi connectivity index (χ3n) is 6.00. The minimum atomic E-state index is -0.892. The van der Waals surface area contributed by atoms with Gasteiger partial charge in [-0.3, -0.25) is 14.6 Å². The van der Waals surface area contributed by atoms with Crippen molar-refractivity contribution in [1.29, 1.82) is 5.26 Å². The molecule has 11 heteroatoms. The lowest BCUT2D eigenvalue weighted by Gasteiger charge is -2.43. The molecule has 0 atom stereocenters. The highest BCUT2D eigenvalue weighted by Gasteiger charge is 2.31. The summed E-state index contributed by atoms with van der Waals surface area (Å²) in [6.45, 7) is 24.0. The van der Waals surface area contributed by atoms with Crippen LogP contribution in [0.4, 0.5) is 20.2 Å². The number of nitriles is 1. The smallest absolute Gasteiger partial charge is 0.290 e. The van der Waals surface area contributed by atoms with Crippen molar-refractivity contribution in [3.8, 4) is 6.07 Å². The fraction of sp³-hybridized carbons (Fsp3) is 0.667. The molecule has 0 radical (unpaired) electrons. The van der Waals surface area contributed by atoms with Crippen molar-refractivity contribution in [2.24, 2.45) is 10.4 Å². The van der Waals surface area contributed by atoms with E-state index in [1.54, 1.807) is 26.8 Å². The Bertz CT molecular complexity index is 1040. The molecule has 0 spiro atoms. The van der Waals surface area contributed by atoms with Crippen LogP contribution in [-0.4, -0.2) is 60.3 Å². The van der Waals surface area contributed by atoms with E-state index < -0.39 is 33.0 Å². The number of amides is 1. The van der Waals surface area contributed by atoms with Crippen LogP contribution in [0.15, 0.2) is 11.1 Å². The molecular weight excluding hydrogens is 550 g/mol. The molecule has 1 rings (SSSR count). The van der Waals surface area contributed by atoms with Crippen molar-refractivity contribution in [2.45, 2.75) is 98.8 Å². The monoisotopic (exact) mass is 602 g/mol. The van der Waals surface area contributed by atoms with E-state index in [0.717, 1.165) is 12.7 Å². The number of halogens is 2. The Morgan fingerprint density at radius 3 is 2.07 bits per heavy atom. The standard InChI is InChI=1S/C19H26F2N4O.C10H24OS.CH2O2/c1-18(2,3)9-14(26)24-11-25(19(4,5)6)17-15(21)12(10-22)8-13(20)16(17)23-7;1-7-8-9-11-12(5,6)10(2,3)4;2-1-3/h8H,7,9,11H2,1-6H3,(H,24,26);7-9H2,1-6H3;1H,(H,2,3). The zero-order valence-corrected chi connectivity index (χ0v) is 27.9. The number of carbonyl (C=O) groups is 2. The first-order valence-corrected chi connectivity index (χ1v) is 15.8. The molecule has 0 unspecified atom stereocenters. The Balaban J connectivity index is 0. The predicted octanol–water partition coefficient (Wildman–Crippen LogP) is 7.56. The Labute approximate surface area is 248 Å². The van der Waals surface area contributed by atoms with E-state index in [-0.39, 0.29) is 42.3 Å². The number of aliphatic imine (C=N–C) groups is 1. The summed E-state index contributed by atoms with van der Waals surface area (Å²) < 4.78 is 35.4. The van der Waals surface area contributed by atoms with Gasteiger partial charge in [0.05, 0.1) is 18.8 Å². The number of carbonyl (C=O) groups excluding carboxylic acids is 1. The van der Waals surface area contributed by atoms with Gasteiger partial charge in [-0.05, 0) is 57.9 Å². The van der Waals surface area contributed by atoms with E-state index in [1.165, 1.54) is 17.7 Å². The van der Waals surface area contributed by atoms with Crippen LogP contribution in [0.3, 0.4) is 0 Å². The molecule has 1 amide bonds. The molecule has 1 aromatic carbocycles. The summed E-state index contributed by atoms with van der Waals surface area (Å²) in [7, 11) is -0.870. The van der Waals surface area contributed by atoms with Gasteiger partial charge in [0, 0.05) is 16.7 Å². The Kier molecular flexibility index (Phi) is 17.1. The molecule has 0 saturated carbocycles. The van der Waals surface area contributed by atoms with Crippen molar-refractivity contribution in [3.63, 3.8) is 0 Å². The zero-order valence-electron chi connectivity index (χ0n) is 27.1. The lowest BCUT2D eigenvalue weighted by molar-refractivity contribution is -0.123. The van der Waals surface area contributed by atoms with Crippen molar-refractivity contribution in [2.75, 3.05) is 30.7 Å². The van der Waals surface area contributed by atoms with Gasteiger partial charge in [-0.1, -0.05) is 54.9 Å². The number of carboxylic acid groups (broad SMARTS) is 1. The molecule has 0 aliphatic carbocycles. The Morgan fingerprint density at radius 2 is 1.71 bits per heavy atom. The first-order valence-electron chi connectivity index (χ1n) is 13.4. The zero-order chi connectivity index (χ0) is 32.8. The van der Waals surface area contributed by atoms with E-state index in [2.05, 4.69) is 57.2 Å². The molecule has 0 aromatic heterocycles. The lowest BCUT2D eigenvalue weighted by atomic mass is 9.92. The third kappa shape index (κ3) is 14.7. The van der Waals surface area contributed by atoms with E-state index in [1.807, 2.05) is 20.8 Å². The maximum atomic E-state index is 14.8. The highest BCUT2D eigenvalue weighted by molar-refractivity contribution is 8.29. The Hall–Kier alpha value is -2.71. The van der Waals surface area contributed by atoms with Crippen LogP contribution >= 0.6 is 10.3 Å². The normalized spacial score (nSPS) is 12.0. The molecule has 0 aliphatic rings. The lowest BCUT2D eigenvalue weighted by Crippen LogP contribution is -2.49. The molecule has 0 heterocycles. The summed E-state index contributed by atoms with van der Waals surface area (Å²) in [5, 5.41) is 18.7. The molecule has 2 N–H and O–H groups in total. The van der Waals surface area contributed by atoms with Gasteiger partial charge in [-0.25, -0.2) is 8.78 Å². The van der Waals surface area contributed by atoms with Gasteiger partial charge in [0.2, 0.25) is 5.91 Å². The van der Waals surface area contributed by atoms with Crippen LogP contribution in [0.5, 0.6) is 0 Å². The van der Waals surface area contributed by atoms with Gasteiger partial charge in [-0.2, -0.15) is 5.26 Å². The largest absolute Gasteiger partial charge is 0.483 e. The van der Waals surface area contributed by atoms with Gasteiger partial charge in [0.1, 0.15) is 17.4 Å². The molecule has 236 valence electrons. The molecule has 1 aromatic rings. The van der Waals surface area contributed by atoms with Gasteiger partial charge < -0.3 is 19.5 Å². The van der Waals surface area contributed by atoms with Crippen LogP contribution in [0, 0.1) is 28.4 Å². The molecule has 0 saturated heterocycles. The number of nitrogens with zero attached hydrogens (tertiary/aromatic N) is 3. The van der Waals surface area contributed by atoms with Crippen molar-refractivity contribution in [1.82, 2.24) is 5.32 Å². The van der Waals surface area contributed by atoms with E-state index in [9.17, 15) is 13.6 Å². The van der Waals surface area contributed by atoms with Gasteiger partial charge in [-0.15, -0.1) is 10.3 Å². The van der Waals surface area contributed by atoms with Crippen LogP contribution < -0.4 is 10.2 Å². The average molecular weight is 603 g/mol. The number of nitrogens with one attached hydrogen (secondary N) is 1. The Morgan fingerprint density at radius 1 is 1.20 bits per heavy atom. The molecule has 41 heavy (non-hydrogen) atoms. The van der Waals surface area contributed by atoms with Crippen molar-refractivity contribution in [3.05, 3.63) is 23.3 Å². The molecule has 0 fully saturated rings. The van der Waals surface area contributed by atoms with Crippen LogP contribution in [-0.2, 0) is 13.8 Å². The predicted molar refractivity (Wildman–Crippen MR) is 168 cm³/mol. The SMILES string of the molecule is C=Nc1c(F)cc(C#N)c(F)c1N(CNC(=O)CC(C)(C)C)C(C)(C)C.CCCCOS(C)(C)C(C)(C)C.O=CO. The second kappa shape index (κ2) is 17.3. The first kappa shape index (κ1) is 40.4. The second-order valence-corrected chi connectivity index (χ2v) is 16.8. The van der Waals surface area contributed by atoms with Crippen LogP contribution in [0.2, 0.25) is 0 Å². The van der Waals surface area contributed by atoms with Gasteiger partial charge in [0.25, 0.3) is 6.47 Å². The number of hydrogen-bond donors (Lipinski definition) is 2. The number of anilines is 1. The summed E-state index contributed by atoms with van der Waals surface area (Å²) in [6.07, 6.45) is 7.20. The van der Waals surface area contributed by atoms with E-state index in [4.69, 9.17) is 19.3 Å². The highest BCUT2D eigenvalue weighted by atomic mass is 32.3. The minimum absolute atomic E-state index is 0.0633. The molecular formula is C30H52F2N4O4S. The maximum absolute atomic E-state index is 14.8. The highest BCUT2D eigenvalue weighted by Crippen LogP contribution is 2.53. The van der Waals surface area contributed by atoms with Gasteiger partial charge in [0.15, 0.2) is 11.6 Å². The summed E-state index contributed by atoms with van der Waals surface area (Å²) in [5.41, 5.74) is -1.81. The van der Waals surface area contributed by atoms with Crippen molar-refractivity contribution < 1.29 is 27.7 Å². The molecule has 8 nitrogen and oxygen atoms in total. The molecule has 0 bridgehead atoms. The van der Waals surface area contributed by atoms with Crippen LogP contribution in [0.25, 0.3) is 0 Å². The number of benzene rings is 1. The fourth-order valence-corrected chi connectivity index (χ4v) is 3.92. The van der Waals surface area contributed by atoms with E-state index in [0.29, 0.717) is 4.75 Å². The van der Waals surface area contributed by atoms with Gasteiger partial charge >= 0.3 is 0 Å². The number of hydrogen-bond acceptors (Lipinski definition) is 6. The summed E-state index contributed by atoms with van der Waals surface area (Å²) in [5.74, 6) is -1.95. The minimum Gasteiger partial charge on any atom is -0.483 e. The first-order chi connectivity index (χ1) is 18.5. The molecule has 0 aliphatic heterocycles. The second-order valence-electron chi connectivity index (χ2n) is 12.9. The fourth-order valence-electron chi connectivity index (χ4n) is 3.03. The maximum Gasteiger partial charge on any atom is 0.290 e.